The van der Waals surface area contributed by atoms with Crippen molar-refractivity contribution >= 4 is 5.97 Å². The van der Waals surface area contributed by atoms with Crippen LogP contribution in [-0.2, 0) is 9.53 Å². The number of aliphatic hydroxyl groups is 1. The Morgan fingerprint density at radius 1 is 0.912 bits per heavy atom. The van der Waals surface area contributed by atoms with Crippen LogP contribution in [0.2, 0.25) is 0 Å². The van der Waals surface area contributed by atoms with E-state index < -0.39 is 0 Å². The van der Waals surface area contributed by atoms with Gasteiger partial charge in [-0.15, -0.1) is 0 Å². The van der Waals surface area contributed by atoms with Crippen molar-refractivity contribution in [1.82, 2.24) is 0 Å². The first-order valence-corrected chi connectivity index (χ1v) is 14.4. The number of esters is 1. The lowest BCUT2D eigenvalue weighted by molar-refractivity contribution is -0.148. The normalized spacial score (nSPS) is 48.9. The second-order valence-corrected chi connectivity index (χ2v) is 14.7. The summed E-state index contributed by atoms with van der Waals surface area (Å²) >= 11 is 0. The summed E-state index contributed by atoms with van der Waals surface area (Å²) in [6.07, 6.45) is 10.4. The van der Waals surface area contributed by atoms with Crippen molar-refractivity contribution in [2.24, 2.45) is 51.2 Å². The number of carbonyl (C=O) groups is 1. The van der Waals surface area contributed by atoms with E-state index in [1.54, 1.807) is 11.1 Å². The average molecular weight is 471 g/mol. The molecule has 0 aromatic rings. The van der Waals surface area contributed by atoms with Gasteiger partial charge in [0.05, 0.1) is 12.0 Å². The number of aliphatic hydroxyl groups excluding tert-OH is 1. The second kappa shape index (κ2) is 7.83. The number of hydrogen-bond donors (Lipinski definition) is 1. The van der Waals surface area contributed by atoms with Gasteiger partial charge >= 0.3 is 5.97 Å². The Hall–Kier alpha value is -0.830. The molecule has 0 aromatic carbocycles. The molecular weight excluding hydrogens is 420 g/mol. The first-order chi connectivity index (χ1) is 15.8. The van der Waals surface area contributed by atoms with Crippen molar-refractivity contribution in [3.05, 3.63) is 11.1 Å². The lowest BCUT2D eigenvalue weighted by Gasteiger charge is -2.62. The lowest BCUT2D eigenvalue weighted by Crippen LogP contribution is -2.55. The first kappa shape index (κ1) is 24.8. The van der Waals surface area contributed by atoms with Crippen molar-refractivity contribution in [2.45, 2.75) is 125 Å². The molecule has 2 saturated carbocycles. The Morgan fingerprint density at radius 2 is 1.62 bits per heavy atom. The second-order valence-electron chi connectivity index (χ2n) is 14.7. The number of fused-ring (bicyclic) bond motifs is 4. The third kappa shape index (κ3) is 3.13. The summed E-state index contributed by atoms with van der Waals surface area (Å²) in [5, 5.41) is 10.8. The molecule has 1 saturated heterocycles. The van der Waals surface area contributed by atoms with Gasteiger partial charge in [0.2, 0.25) is 0 Å². The van der Waals surface area contributed by atoms with E-state index in [4.69, 9.17) is 4.74 Å². The van der Waals surface area contributed by atoms with Crippen LogP contribution in [0.25, 0.3) is 0 Å². The number of cyclic esters (lactones) is 1. The van der Waals surface area contributed by atoms with Gasteiger partial charge in [-0.3, -0.25) is 4.79 Å². The molecule has 3 nitrogen and oxygen atoms in total. The van der Waals surface area contributed by atoms with Crippen LogP contribution in [0.1, 0.15) is 113 Å². The van der Waals surface area contributed by atoms with Crippen molar-refractivity contribution in [1.29, 1.82) is 0 Å². The van der Waals surface area contributed by atoms with E-state index >= 15 is 0 Å². The summed E-state index contributed by atoms with van der Waals surface area (Å²) in [4.78, 5) is 12.6. The molecule has 5 aliphatic rings. The molecule has 1 N–H and O–H groups in total. The largest absolute Gasteiger partial charge is 0.462 e. The minimum absolute atomic E-state index is 0.000778. The molecule has 0 aromatic heterocycles. The van der Waals surface area contributed by atoms with Crippen LogP contribution in [0.15, 0.2) is 11.1 Å². The highest BCUT2D eigenvalue weighted by Crippen LogP contribution is 2.72. The van der Waals surface area contributed by atoms with E-state index in [0.29, 0.717) is 23.7 Å². The third-order valence-corrected chi connectivity index (χ3v) is 12.9. The van der Waals surface area contributed by atoms with Crippen LogP contribution >= 0.6 is 0 Å². The van der Waals surface area contributed by atoms with E-state index in [0.717, 1.165) is 19.3 Å². The van der Waals surface area contributed by atoms with Crippen LogP contribution < -0.4 is 0 Å². The molecule has 1 aliphatic heterocycles. The van der Waals surface area contributed by atoms with Crippen molar-refractivity contribution in [3.63, 3.8) is 0 Å². The molecule has 1 heterocycles. The van der Waals surface area contributed by atoms with Crippen molar-refractivity contribution < 1.29 is 14.6 Å². The highest BCUT2D eigenvalue weighted by atomic mass is 16.6. The standard InChI is InChI=1S/C31H50O3/c1-18(2)20-17-24(34-27(20)33)19(3)21-11-15-31(8)23-9-10-25-28(4,5)26(32)13-14-29(25,6)22(23)12-16-30(21,31)7/h18-21,24-26,32H,9-17H2,1-8H3/t19-,20+,21+,24-,25-,26-,29+,30+,31-/m0/s1. The number of rotatable bonds is 3. The Morgan fingerprint density at radius 3 is 2.26 bits per heavy atom. The highest BCUT2D eigenvalue weighted by Gasteiger charge is 2.64. The molecule has 3 fully saturated rings. The molecule has 0 unspecified atom stereocenters. The Labute approximate surface area is 208 Å². The van der Waals surface area contributed by atoms with E-state index in [9.17, 15) is 9.90 Å². The summed E-state index contributed by atoms with van der Waals surface area (Å²) in [6, 6.07) is 0. The molecule has 5 rings (SSSR count). The Balaban J connectivity index is 1.45. The van der Waals surface area contributed by atoms with Crippen LogP contribution in [0.3, 0.4) is 0 Å². The van der Waals surface area contributed by atoms with Gasteiger partial charge in [0.15, 0.2) is 0 Å². The van der Waals surface area contributed by atoms with Gasteiger partial charge in [0.1, 0.15) is 6.10 Å². The van der Waals surface area contributed by atoms with Gasteiger partial charge in [-0.25, -0.2) is 0 Å². The fraction of sp³-hybridized carbons (Fsp3) is 0.903. The average Bonchev–Trinajstić information content (AvgIpc) is 3.28. The van der Waals surface area contributed by atoms with Gasteiger partial charge in [0, 0.05) is 0 Å². The summed E-state index contributed by atoms with van der Waals surface area (Å²) in [5.41, 5.74) is 4.36. The van der Waals surface area contributed by atoms with Gasteiger partial charge < -0.3 is 9.84 Å². The molecule has 0 bridgehead atoms. The smallest absolute Gasteiger partial charge is 0.309 e. The maximum absolute atomic E-state index is 12.6. The van der Waals surface area contributed by atoms with E-state index in [-0.39, 0.29) is 45.8 Å². The quantitative estimate of drug-likeness (QED) is 0.347. The Bertz CT molecular complexity index is 885. The summed E-state index contributed by atoms with van der Waals surface area (Å²) < 4.78 is 6.02. The number of carbonyl (C=O) groups excluding carboxylic acids is 1. The topological polar surface area (TPSA) is 46.5 Å². The van der Waals surface area contributed by atoms with Crippen LogP contribution in [-0.4, -0.2) is 23.3 Å². The third-order valence-electron chi connectivity index (χ3n) is 12.9. The molecule has 192 valence electrons. The van der Waals surface area contributed by atoms with Gasteiger partial charge in [-0.2, -0.15) is 0 Å². The van der Waals surface area contributed by atoms with Crippen LogP contribution in [0.4, 0.5) is 0 Å². The maximum atomic E-state index is 12.6. The molecule has 4 aliphatic carbocycles. The minimum atomic E-state index is -0.169. The molecule has 0 amide bonds. The zero-order valence-corrected chi connectivity index (χ0v) is 23.2. The van der Waals surface area contributed by atoms with Crippen LogP contribution in [0, 0.1) is 51.2 Å². The van der Waals surface area contributed by atoms with E-state index in [2.05, 4.69) is 55.4 Å². The number of ether oxygens (including phenoxy) is 1. The molecule has 0 radical (unpaired) electrons. The SMILES string of the molecule is CC(C)[C@H]1C[C@@H]([C@@H](C)[C@H]2CC[C@@]3(C)C4=C(CC[C@]23C)[C@@]2(C)CC[C@H](O)C(C)(C)[C@@H]2CC4)OC1=O. The predicted molar refractivity (Wildman–Crippen MR) is 137 cm³/mol. The Kier molecular flexibility index (Phi) is 5.72. The summed E-state index contributed by atoms with van der Waals surface area (Å²) in [6.45, 7) is 19.1. The van der Waals surface area contributed by atoms with E-state index in [1.807, 2.05) is 0 Å². The predicted octanol–water partition coefficient (Wildman–Crippen LogP) is 7.32. The number of allylic oxidation sites excluding steroid dienone is 2. The van der Waals surface area contributed by atoms with Gasteiger partial charge in [0.25, 0.3) is 0 Å². The first-order valence-electron chi connectivity index (χ1n) is 14.4. The molecule has 0 spiro atoms. The molecule has 3 heteroatoms. The zero-order valence-electron chi connectivity index (χ0n) is 23.2. The van der Waals surface area contributed by atoms with Gasteiger partial charge in [-0.1, -0.05) is 66.5 Å². The molecule has 34 heavy (non-hydrogen) atoms. The van der Waals surface area contributed by atoms with E-state index in [1.165, 1.54) is 38.5 Å². The lowest BCUT2D eigenvalue weighted by atomic mass is 9.43. The summed E-state index contributed by atoms with van der Waals surface area (Å²) in [7, 11) is 0. The fourth-order valence-electron chi connectivity index (χ4n) is 10.3. The fourth-order valence-corrected chi connectivity index (χ4v) is 10.3. The maximum Gasteiger partial charge on any atom is 0.309 e. The zero-order chi connectivity index (χ0) is 24.8. The minimum Gasteiger partial charge on any atom is -0.462 e. The highest BCUT2D eigenvalue weighted by molar-refractivity contribution is 5.75. The monoisotopic (exact) mass is 470 g/mol. The molecular formula is C31H50O3. The van der Waals surface area contributed by atoms with Crippen molar-refractivity contribution in [3.8, 4) is 0 Å². The number of hydrogen-bond acceptors (Lipinski definition) is 3. The van der Waals surface area contributed by atoms with Gasteiger partial charge in [-0.05, 0) is 103 Å². The summed E-state index contributed by atoms with van der Waals surface area (Å²) in [5.74, 6) is 2.11. The van der Waals surface area contributed by atoms with Crippen molar-refractivity contribution in [2.75, 3.05) is 0 Å². The van der Waals surface area contributed by atoms with Crippen LogP contribution in [0.5, 0.6) is 0 Å². The molecule has 9 atom stereocenters.